The Morgan fingerprint density at radius 3 is 2.79 bits per heavy atom. The van der Waals surface area contributed by atoms with Crippen molar-refractivity contribution in [3.8, 4) is 11.3 Å². The third-order valence-electron chi connectivity index (χ3n) is 2.38. The molecule has 2 aromatic heterocycles. The number of amides is 1. The van der Waals surface area contributed by atoms with E-state index in [0.29, 0.717) is 17.8 Å². The average Bonchev–Trinajstić information content (AvgIpc) is 2.47. The summed E-state index contributed by atoms with van der Waals surface area (Å²) in [5, 5.41) is 10.5. The molecule has 96 valence electrons. The van der Waals surface area contributed by atoms with Crippen LogP contribution in [0.1, 0.15) is 12.8 Å². The van der Waals surface area contributed by atoms with Gasteiger partial charge in [0, 0.05) is 30.8 Å². The first-order chi connectivity index (χ1) is 9.29. The second-order valence-corrected chi connectivity index (χ2v) is 3.80. The van der Waals surface area contributed by atoms with Crippen LogP contribution in [-0.4, -0.2) is 27.4 Å². The maximum absolute atomic E-state index is 11.4. The summed E-state index contributed by atoms with van der Waals surface area (Å²) >= 11 is 0. The van der Waals surface area contributed by atoms with Gasteiger partial charge < -0.3 is 10.1 Å². The zero-order chi connectivity index (χ0) is 13.5. The summed E-state index contributed by atoms with van der Waals surface area (Å²) in [5.41, 5.74) is 1.54. The molecule has 0 unspecified atom stereocenters. The van der Waals surface area contributed by atoms with Crippen molar-refractivity contribution in [2.45, 2.75) is 12.8 Å². The minimum atomic E-state index is -0.254. The van der Waals surface area contributed by atoms with Crippen LogP contribution in [0.25, 0.3) is 11.3 Å². The zero-order valence-corrected chi connectivity index (χ0v) is 10.1. The summed E-state index contributed by atoms with van der Waals surface area (Å²) in [4.78, 5) is 25.5. The lowest BCUT2D eigenvalue weighted by atomic mass is 10.2. The summed E-state index contributed by atoms with van der Waals surface area (Å²) in [5.74, 6) is 0.110. The Labute approximate surface area is 109 Å². The lowest BCUT2D eigenvalue weighted by Gasteiger charge is -2.03. The van der Waals surface area contributed by atoms with Gasteiger partial charge in [0.05, 0.1) is 5.69 Å². The molecule has 0 bridgehead atoms. The van der Waals surface area contributed by atoms with E-state index in [9.17, 15) is 9.59 Å². The third kappa shape index (κ3) is 3.67. The van der Waals surface area contributed by atoms with Crippen molar-refractivity contribution in [3.63, 3.8) is 0 Å². The van der Waals surface area contributed by atoms with Crippen LogP contribution in [0.4, 0.5) is 5.82 Å². The first-order valence-electron chi connectivity index (χ1n) is 5.77. The molecule has 0 atom stereocenters. The molecule has 0 saturated heterocycles. The zero-order valence-electron chi connectivity index (χ0n) is 10.1. The fraction of sp³-hybridized carbons (Fsp3) is 0.154. The fourth-order valence-electron chi connectivity index (χ4n) is 1.46. The number of carbonyl (C=O) groups excluding carboxylic acids is 2. The highest BCUT2D eigenvalue weighted by Gasteiger charge is 2.04. The quantitative estimate of drug-likeness (QED) is 0.818. The first kappa shape index (κ1) is 12.8. The van der Waals surface area contributed by atoms with E-state index in [0.717, 1.165) is 5.56 Å². The second-order valence-electron chi connectivity index (χ2n) is 3.80. The predicted octanol–water partition coefficient (Wildman–Crippen LogP) is 1.46. The molecule has 1 amide bonds. The van der Waals surface area contributed by atoms with Gasteiger partial charge in [-0.15, -0.1) is 10.2 Å². The fourth-order valence-corrected chi connectivity index (χ4v) is 1.46. The number of hydrogen-bond acceptors (Lipinski definition) is 5. The van der Waals surface area contributed by atoms with Crippen molar-refractivity contribution >= 4 is 18.0 Å². The number of rotatable bonds is 5. The Bertz CT molecular complexity index is 555. The number of hydrogen-bond donors (Lipinski definition) is 1. The molecule has 0 aromatic carbocycles. The highest BCUT2D eigenvalue weighted by molar-refractivity contribution is 5.90. The number of carbonyl (C=O) groups is 2. The van der Waals surface area contributed by atoms with E-state index in [1.165, 1.54) is 0 Å². The minimum absolute atomic E-state index is 0.148. The van der Waals surface area contributed by atoms with Gasteiger partial charge in [0.15, 0.2) is 5.82 Å². The van der Waals surface area contributed by atoms with Crippen molar-refractivity contribution in [1.29, 1.82) is 0 Å². The van der Waals surface area contributed by atoms with Gasteiger partial charge in [0.1, 0.15) is 6.29 Å². The van der Waals surface area contributed by atoms with Crippen LogP contribution in [0.5, 0.6) is 0 Å². The van der Waals surface area contributed by atoms with Gasteiger partial charge in [-0.3, -0.25) is 9.78 Å². The average molecular weight is 256 g/mol. The van der Waals surface area contributed by atoms with Crippen molar-refractivity contribution in [2.24, 2.45) is 0 Å². The largest absolute Gasteiger partial charge is 0.309 e. The smallest absolute Gasteiger partial charge is 0.226 e. The molecule has 2 heterocycles. The summed E-state index contributed by atoms with van der Waals surface area (Å²) in [6.45, 7) is 0. The molecule has 2 aromatic rings. The molecule has 0 spiro atoms. The molecule has 1 N–H and O–H groups in total. The number of nitrogens with zero attached hydrogens (tertiary/aromatic N) is 3. The molecular weight excluding hydrogens is 244 g/mol. The predicted molar refractivity (Wildman–Crippen MR) is 69.2 cm³/mol. The van der Waals surface area contributed by atoms with Crippen LogP contribution >= 0.6 is 0 Å². The van der Waals surface area contributed by atoms with Crippen LogP contribution in [0.2, 0.25) is 0 Å². The van der Waals surface area contributed by atoms with Gasteiger partial charge in [-0.2, -0.15) is 0 Å². The van der Waals surface area contributed by atoms with Crippen molar-refractivity contribution < 1.29 is 9.59 Å². The Morgan fingerprint density at radius 1 is 1.26 bits per heavy atom. The Balaban J connectivity index is 2.03. The molecule has 0 fully saturated rings. The van der Waals surface area contributed by atoms with Crippen LogP contribution < -0.4 is 5.32 Å². The number of nitrogens with one attached hydrogen (secondary N) is 1. The molecule has 6 nitrogen and oxygen atoms in total. The number of anilines is 1. The van der Waals surface area contributed by atoms with Gasteiger partial charge >= 0.3 is 0 Å². The maximum atomic E-state index is 11.4. The van der Waals surface area contributed by atoms with E-state index in [-0.39, 0.29) is 18.7 Å². The number of pyridine rings is 1. The molecule has 19 heavy (non-hydrogen) atoms. The molecule has 6 heteroatoms. The molecule has 0 aliphatic heterocycles. The SMILES string of the molecule is O=CCCC(=O)Nc1ccc(-c2cccnc2)nn1. The summed E-state index contributed by atoms with van der Waals surface area (Å²) in [6.07, 6.45) is 4.42. The van der Waals surface area contributed by atoms with E-state index in [4.69, 9.17) is 0 Å². The molecule has 0 aliphatic carbocycles. The third-order valence-corrected chi connectivity index (χ3v) is 2.38. The lowest BCUT2D eigenvalue weighted by Crippen LogP contribution is -2.12. The second kappa shape index (κ2) is 6.34. The molecule has 0 radical (unpaired) electrons. The number of aldehydes is 1. The van der Waals surface area contributed by atoms with Gasteiger partial charge in [0.25, 0.3) is 0 Å². The van der Waals surface area contributed by atoms with Crippen LogP contribution in [0.3, 0.4) is 0 Å². The summed E-state index contributed by atoms with van der Waals surface area (Å²) < 4.78 is 0. The summed E-state index contributed by atoms with van der Waals surface area (Å²) in [6, 6.07) is 7.10. The van der Waals surface area contributed by atoms with Crippen LogP contribution in [0, 0.1) is 0 Å². The number of aromatic nitrogens is 3. The van der Waals surface area contributed by atoms with Crippen molar-refractivity contribution in [3.05, 3.63) is 36.7 Å². The van der Waals surface area contributed by atoms with E-state index >= 15 is 0 Å². The van der Waals surface area contributed by atoms with Gasteiger partial charge in [-0.05, 0) is 24.3 Å². The maximum Gasteiger partial charge on any atom is 0.226 e. The van der Waals surface area contributed by atoms with Crippen molar-refractivity contribution in [1.82, 2.24) is 15.2 Å². The van der Waals surface area contributed by atoms with Crippen LogP contribution in [-0.2, 0) is 9.59 Å². The Hall–Kier alpha value is -2.63. The lowest BCUT2D eigenvalue weighted by molar-refractivity contribution is -0.118. The highest BCUT2D eigenvalue weighted by Crippen LogP contribution is 2.15. The molecule has 2 rings (SSSR count). The van der Waals surface area contributed by atoms with E-state index in [1.54, 1.807) is 24.5 Å². The Morgan fingerprint density at radius 2 is 2.16 bits per heavy atom. The standard InChI is InChI=1S/C13H12N4O2/c18-8-2-4-13(19)15-12-6-5-11(16-17-12)10-3-1-7-14-9-10/h1,3,5-9H,2,4H2,(H,15,17,19). The van der Waals surface area contributed by atoms with E-state index in [2.05, 4.69) is 20.5 Å². The van der Waals surface area contributed by atoms with E-state index in [1.807, 2.05) is 12.1 Å². The first-order valence-corrected chi connectivity index (χ1v) is 5.77. The topological polar surface area (TPSA) is 84.8 Å². The molecule has 0 saturated carbocycles. The Kier molecular flexibility index (Phi) is 4.28. The van der Waals surface area contributed by atoms with Gasteiger partial charge in [-0.1, -0.05) is 0 Å². The monoisotopic (exact) mass is 256 g/mol. The van der Waals surface area contributed by atoms with Crippen LogP contribution in [0.15, 0.2) is 36.7 Å². The molecule has 0 aliphatic rings. The highest BCUT2D eigenvalue weighted by atomic mass is 16.1. The minimum Gasteiger partial charge on any atom is -0.309 e. The normalized spacial score (nSPS) is 9.89. The summed E-state index contributed by atoms with van der Waals surface area (Å²) in [7, 11) is 0. The van der Waals surface area contributed by atoms with Gasteiger partial charge in [0.2, 0.25) is 5.91 Å². The molecular formula is C13H12N4O2. The van der Waals surface area contributed by atoms with Gasteiger partial charge in [-0.25, -0.2) is 0 Å². The van der Waals surface area contributed by atoms with E-state index < -0.39 is 0 Å². The van der Waals surface area contributed by atoms with Crippen molar-refractivity contribution in [2.75, 3.05) is 5.32 Å².